The van der Waals surface area contributed by atoms with Crippen LogP contribution in [0.3, 0.4) is 0 Å². The number of ether oxygens (including phenoxy) is 2. The van der Waals surface area contributed by atoms with Gasteiger partial charge in [0.05, 0.1) is 5.56 Å². The summed E-state index contributed by atoms with van der Waals surface area (Å²) in [6, 6.07) is 13.9. The molecule has 2 aromatic carbocycles. The Morgan fingerprint density at radius 1 is 1.10 bits per heavy atom. The van der Waals surface area contributed by atoms with Crippen molar-refractivity contribution in [2.24, 2.45) is 0 Å². The van der Waals surface area contributed by atoms with E-state index in [0.717, 1.165) is 5.75 Å². The van der Waals surface area contributed by atoms with Gasteiger partial charge in [-0.2, -0.15) is 0 Å². The number of phenolic OH excluding ortho intramolecular Hbond substituents is 1. The summed E-state index contributed by atoms with van der Waals surface area (Å²) in [5.74, 6) is 0.475. The Morgan fingerprint density at radius 3 is 2.55 bits per heavy atom. The van der Waals surface area contributed by atoms with Crippen LogP contribution in [0.4, 0.5) is 0 Å². The van der Waals surface area contributed by atoms with E-state index in [1.807, 2.05) is 30.3 Å². The second-order valence-corrected chi connectivity index (χ2v) is 4.30. The minimum absolute atomic E-state index is 0.161. The van der Waals surface area contributed by atoms with Gasteiger partial charge in [-0.15, -0.1) is 0 Å². The van der Waals surface area contributed by atoms with Gasteiger partial charge in [-0.25, -0.2) is 4.79 Å². The van der Waals surface area contributed by atoms with Gasteiger partial charge >= 0.3 is 5.97 Å². The predicted octanol–water partition coefficient (Wildman–Crippen LogP) is 2.94. The number of phenols is 1. The molecule has 0 aliphatic heterocycles. The summed E-state index contributed by atoms with van der Waals surface area (Å²) in [4.78, 5) is 11.8. The van der Waals surface area contributed by atoms with Crippen molar-refractivity contribution in [3.05, 3.63) is 59.7 Å². The molecule has 4 nitrogen and oxygen atoms in total. The molecule has 0 unspecified atom stereocenters. The molecule has 0 saturated carbocycles. The number of benzene rings is 2. The molecule has 0 heterocycles. The summed E-state index contributed by atoms with van der Waals surface area (Å²) in [6.45, 7) is 2.20. The molecule has 4 heteroatoms. The zero-order valence-electron chi connectivity index (χ0n) is 11.2. The van der Waals surface area contributed by atoms with E-state index in [4.69, 9.17) is 9.47 Å². The van der Waals surface area contributed by atoms with E-state index in [9.17, 15) is 9.90 Å². The number of hydrogen-bond acceptors (Lipinski definition) is 4. The highest BCUT2D eigenvalue weighted by Gasteiger charge is 2.08. The maximum Gasteiger partial charge on any atom is 0.338 e. The standard InChI is InChI=1S/C16H16O4/c1-12-11-13(7-8-15(12)17)16(18)20-10-9-19-14-5-3-2-4-6-14/h2-8,11,17H,9-10H2,1H3. The van der Waals surface area contributed by atoms with Gasteiger partial charge in [0.15, 0.2) is 0 Å². The Labute approximate surface area is 117 Å². The van der Waals surface area contributed by atoms with Gasteiger partial charge in [-0.1, -0.05) is 18.2 Å². The number of aromatic hydroxyl groups is 1. The van der Waals surface area contributed by atoms with Gasteiger partial charge in [0.2, 0.25) is 0 Å². The van der Waals surface area contributed by atoms with Crippen LogP contribution in [-0.2, 0) is 4.74 Å². The van der Waals surface area contributed by atoms with Crippen molar-refractivity contribution in [2.45, 2.75) is 6.92 Å². The second kappa shape index (κ2) is 6.61. The Balaban J connectivity index is 1.79. The van der Waals surface area contributed by atoms with Crippen molar-refractivity contribution < 1.29 is 19.4 Å². The molecular weight excluding hydrogens is 256 g/mol. The smallest absolute Gasteiger partial charge is 0.338 e. The van der Waals surface area contributed by atoms with Crippen molar-refractivity contribution in [3.63, 3.8) is 0 Å². The van der Waals surface area contributed by atoms with Gasteiger partial charge in [-0.3, -0.25) is 0 Å². The number of esters is 1. The lowest BCUT2D eigenvalue weighted by Crippen LogP contribution is -2.12. The van der Waals surface area contributed by atoms with Crippen molar-refractivity contribution in [1.29, 1.82) is 0 Å². The molecule has 0 spiro atoms. The first-order valence-electron chi connectivity index (χ1n) is 6.31. The van der Waals surface area contributed by atoms with Gasteiger partial charge in [-0.05, 0) is 42.8 Å². The molecule has 0 radical (unpaired) electrons. The number of rotatable bonds is 5. The average molecular weight is 272 g/mol. The molecular formula is C16H16O4. The third-order valence-electron chi connectivity index (χ3n) is 2.76. The fraction of sp³-hybridized carbons (Fsp3) is 0.188. The minimum atomic E-state index is -0.426. The van der Waals surface area contributed by atoms with E-state index in [0.29, 0.717) is 17.7 Å². The topological polar surface area (TPSA) is 55.8 Å². The lowest BCUT2D eigenvalue weighted by Gasteiger charge is -2.08. The first-order chi connectivity index (χ1) is 9.66. The van der Waals surface area contributed by atoms with Crippen LogP contribution >= 0.6 is 0 Å². The Morgan fingerprint density at radius 2 is 1.85 bits per heavy atom. The Bertz CT molecular complexity index is 578. The van der Waals surface area contributed by atoms with Crippen LogP contribution in [-0.4, -0.2) is 24.3 Å². The predicted molar refractivity (Wildman–Crippen MR) is 75.1 cm³/mol. The summed E-state index contributed by atoms with van der Waals surface area (Å²) in [6.07, 6.45) is 0. The maximum atomic E-state index is 11.8. The Kier molecular flexibility index (Phi) is 4.60. The van der Waals surface area contributed by atoms with Crippen molar-refractivity contribution in [3.8, 4) is 11.5 Å². The van der Waals surface area contributed by atoms with E-state index in [2.05, 4.69) is 0 Å². The highest BCUT2D eigenvalue weighted by Crippen LogP contribution is 2.17. The number of carbonyl (C=O) groups excluding carboxylic acids is 1. The highest BCUT2D eigenvalue weighted by molar-refractivity contribution is 5.89. The van der Waals surface area contributed by atoms with Gasteiger partial charge in [0, 0.05) is 0 Å². The molecule has 1 N–H and O–H groups in total. The van der Waals surface area contributed by atoms with Gasteiger partial charge < -0.3 is 14.6 Å². The molecule has 104 valence electrons. The monoisotopic (exact) mass is 272 g/mol. The van der Waals surface area contributed by atoms with Crippen LogP contribution in [0.1, 0.15) is 15.9 Å². The van der Waals surface area contributed by atoms with E-state index in [-0.39, 0.29) is 12.4 Å². The van der Waals surface area contributed by atoms with Crippen LogP contribution in [0.15, 0.2) is 48.5 Å². The largest absolute Gasteiger partial charge is 0.508 e. The lowest BCUT2D eigenvalue weighted by atomic mass is 10.1. The van der Waals surface area contributed by atoms with Crippen LogP contribution in [0.25, 0.3) is 0 Å². The lowest BCUT2D eigenvalue weighted by molar-refractivity contribution is 0.0450. The minimum Gasteiger partial charge on any atom is -0.508 e. The zero-order valence-corrected chi connectivity index (χ0v) is 11.2. The molecule has 0 amide bonds. The SMILES string of the molecule is Cc1cc(C(=O)OCCOc2ccccc2)ccc1O. The highest BCUT2D eigenvalue weighted by atomic mass is 16.6. The third-order valence-corrected chi connectivity index (χ3v) is 2.76. The summed E-state index contributed by atoms with van der Waals surface area (Å²) in [5.41, 5.74) is 1.06. The van der Waals surface area contributed by atoms with Gasteiger partial charge in [0.1, 0.15) is 24.7 Å². The normalized spacial score (nSPS) is 10.1. The molecule has 0 saturated heterocycles. The van der Waals surface area contributed by atoms with E-state index >= 15 is 0 Å². The van der Waals surface area contributed by atoms with Crippen molar-refractivity contribution in [1.82, 2.24) is 0 Å². The Hall–Kier alpha value is -2.49. The third kappa shape index (κ3) is 3.75. The average Bonchev–Trinajstić information content (AvgIpc) is 2.47. The number of carbonyl (C=O) groups is 1. The summed E-state index contributed by atoms with van der Waals surface area (Å²) < 4.78 is 10.5. The van der Waals surface area contributed by atoms with Crippen molar-refractivity contribution in [2.75, 3.05) is 13.2 Å². The van der Waals surface area contributed by atoms with Crippen molar-refractivity contribution >= 4 is 5.97 Å². The van der Waals surface area contributed by atoms with E-state index in [1.165, 1.54) is 12.1 Å². The molecule has 2 rings (SSSR count). The molecule has 20 heavy (non-hydrogen) atoms. The number of para-hydroxylation sites is 1. The molecule has 0 aliphatic carbocycles. The van der Waals surface area contributed by atoms with Crippen LogP contribution in [0.2, 0.25) is 0 Å². The fourth-order valence-electron chi connectivity index (χ4n) is 1.68. The van der Waals surface area contributed by atoms with E-state index < -0.39 is 5.97 Å². The van der Waals surface area contributed by atoms with Gasteiger partial charge in [0.25, 0.3) is 0 Å². The summed E-state index contributed by atoms with van der Waals surface area (Å²) in [7, 11) is 0. The number of hydrogen-bond donors (Lipinski definition) is 1. The molecule has 0 bridgehead atoms. The molecule has 2 aromatic rings. The molecule has 0 aromatic heterocycles. The second-order valence-electron chi connectivity index (χ2n) is 4.30. The fourth-order valence-corrected chi connectivity index (χ4v) is 1.68. The number of aryl methyl sites for hydroxylation is 1. The first-order valence-corrected chi connectivity index (χ1v) is 6.31. The first kappa shape index (κ1) is 13.9. The zero-order chi connectivity index (χ0) is 14.4. The van der Waals surface area contributed by atoms with E-state index in [1.54, 1.807) is 13.0 Å². The van der Waals surface area contributed by atoms with Crippen LogP contribution < -0.4 is 4.74 Å². The molecule has 0 atom stereocenters. The van der Waals surface area contributed by atoms with Crippen LogP contribution in [0.5, 0.6) is 11.5 Å². The summed E-state index contributed by atoms with van der Waals surface area (Å²) in [5, 5.41) is 9.39. The maximum absolute atomic E-state index is 11.8. The molecule has 0 fully saturated rings. The quantitative estimate of drug-likeness (QED) is 0.671. The molecule has 0 aliphatic rings. The van der Waals surface area contributed by atoms with Crippen LogP contribution in [0, 0.1) is 6.92 Å². The summed E-state index contributed by atoms with van der Waals surface area (Å²) >= 11 is 0.